The van der Waals surface area contributed by atoms with E-state index in [9.17, 15) is 4.79 Å². The predicted octanol–water partition coefficient (Wildman–Crippen LogP) is 4.41. The zero-order valence-electron chi connectivity index (χ0n) is 15.4. The van der Waals surface area contributed by atoms with Gasteiger partial charge in [0, 0.05) is 23.6 Å². The first-order valence-electron chi connectivity index (χ1n) is 9.13. The van der Waals surface area contributed by atoms with Gasteiger partial charge < -0.3 is 14.7 Å². The molecule has 0 bridgehead atoms. The van der Waals surface area contributed by atoms with Gasteiger partial charge in [-0.3, -0.25) is 4.79 Å². The largest absolute Gasteiger partial charge is 0.411 e. The summed E-state index contributed by atoms with van der Waals surface area (Å²) in [6.45, 7) is 2.47. The van der Waals surface area contributed by atoms with E-state index in [0.717, 1.165) is 22.0 Å². The van der Waals surface area contributed by atoms with Gasteiger partial charge in [0.1, 0.15) is 0 Å². The van der Waals surface area contributed by atoms with Crippen molar-refractivity contribution in [3.8, 4) is 11.5 Å². The van der Waals surface area contributed by atoms with E-state index in [1.807, 2.05) is 67.7 Å². The zero-order chi connectivity index (χ0) is 19.3. The van der Waals surface area contributed by atoms with Gasteiger partial charge in [-0.05, 0) is 18.1 Å². The lowest BCUT2D eigenvalue weighted by Gasteiger charge is -2.12. The second-order valence-electron chi connectivity index (χ2n) is 6.34. The Morgan fingerprint density at radius 3 is 2.75 bits per heavy atom. The Kier molecular flexibility index (Phi) is 5.43. The van der Waals surface area contributed by atoms with Crippen molar-refractivity contribution < 1.29 is 9.21 Å². The summed E-state index contributed by atoms with van der Waals surface area (Å²) in [5.74, 6) is 0.405. The van der Waals surface area contributed by atoms with Crippen molar-refractivity contribution in [2.75, 3.05) is 0 Å². The van der Waals surface area contributed by atoms with Crippen LogP contribution in [-0.2, 0) is 11.3 Å². The van der Waals surface area contributed by atoms with Gasteiger partial charge in [0.05, 0.1) is 10.8 Å². The minimum atomic E-state index is -0.292. The van der Waals surface area contributed by atoms with Crippen molar-refractivity contribution in [2.24, 2.45) is 0 Å². The van der Waals surface area contributed by atoms with E-state index in [2.05, 4.69) is 20.5 Å². The minimum absolute atomic E-state index is 0.0387. The second kappa shape index (κ2) is 8.31. The van der Waals surface area contributed by atoms with Crippen LogP contribution in [0, 0.1) is 0 Å². The fraction of sp³-hybridized carbons (Fsp3) is 0.190. The number of carbonyl (C=O) groups excluding carboxylic acids is 1. The van der Waals surface area contributed by atoms with E-state index in [0.29, 0.717) is 24.1 Å². The van der Waals surface area contributed by atoms with Crippen molar-refractivity contribution in [3.05, 3.63) is 66.4 Å². The summed E-state index contributed by atoms with van der Waals surface area (Å²) >= 11 is 1.29. The molecule has 2 aromatic heterocycles. The van der Waals surface area contributed by atoms with Gasteiger partial charge in [-0.1, -0.05) is 67.2 Å². The van der Waals surface area contributed by atoms with E-state index in [1.165, 1.54) is 11.8 Å². The van der Waals surface area contributed by atoms with Gasteiger partial charge >= 0.3 is 0 Å². The molecule has 2 N–H and O–H groups in total. The molecule has 0 radical (unpaired) electrons. The van der Waals surface area contributed by atoms with Gasteiger partial charge in [0.15, 0.2) is 0 Å². The van der Waals surface area contributed by atoms with Crippen LogP contribution in [0.1, 0.15) is 18.9 Å². The molecule has 2 heterocycles. The number of aromatic amines is 1. The number of nitrogens with zero attached hydrogens (tertiary/aromatic N) is 2. The molecule has 7 heteroatoms. The van der Waals surface area contributed by atoms with Gasteiger partial charge in [0.2, 0.25) is 5.91 Å². The summed E-state index contributed by atoms with van der Waals surface area (Å²) in [6, 6.07) is 17.8. The summed E-state index contributed by atoms with van der Waals surface area (Å²) in [4.78, 5) is 15.7. The van der Waals surface area contributed by atoms with E-state index >= 15 is 0 Å². The summed E-state index contributed by atoms with van der Waals surface area (Å²) < 4.78 is 5.82. The van der Waals surface area contributed by atoms with Crippen LogP contribution in [0.2, 0.25) is 0 Å². The number of aromatic nitrogens is 3. The molecule has 0 saturated heterocycles. The maximum absolute atomic E-state index is 12.5. The Balaban J connectivity index is 1.43. The molecule has 1 atom stereocenters. The molecule has 1 amide bonds. The number of fused-ring (bicyclic) bond motifs is 1. The molecule has 1 unspecified atom stereocenters. The molecule has 0 aliphatic carbocycles. The van der Waals surface area contributed by atoms with Gasteiger partial charge in [-0.2, -0.15) is 0 Å². The van der Waals surface area contributed by atoms with Gasteiger partial charge in [0.25, 0.3) is 11.1 Å². The molecule has 6 nitrogen and oxygen atoms in total. The monoisotopic (exact) mass is 392 g/mol. The standard InChI is InChI=1S/C21H20N4O2S/c1-2-18(19(26)23-12-14-8-4-3-5-9-14)28-21-25-24-20(27-21)16-13-22-17-11-7-6-10-15(16)17/h3-11,13,18,22H,2,12H2,1H3,(H,23,26). The number of hydrogen-bond acceptors (Lipinski definition) is 5. The zero-order valence-corrected chi connectivity index (χ0v) is 16.2. The lowest BCUT2D eigenvalue weighted by atomic mass is 10.2. The number of rotatable bonds is 7. The molecule has 0 aliphatic heterocycles. The second-order valence-corrected chi connectivity index (χ2v) is 7.49. The number of carbonyl (C=O) groups is 1. The summed E-state index contributed by atoms with van der Waals surface area (Å²) in [5.41, 5.74) is 2.93. The highest BCUT2D eigenvalue weighted by Crippen LogP contribution is 2.31. The summed E-state index contributed by atoms with van der Waals surface area (Å²) in [7, 11) is 0. The highest BCUT2D eigenvalue weighted by Gasteiger charge is 2.22. The third-order valence-corrected chi connectivity index (χ3v) is 5.64. The number of thioether (sulfide) groups is 1. The highest BCUT2D eigenvalue weighted by molar-refractivity contribution is 8.00. The fourth-order valence-corrected chi connectivity index (χ4v) is 3.77. The SMILES string of the molecule is CCC(Sc1nnc(-c2c[nH]c3ccccc23)o1)C(=O)NCc1ccccc1. The average Bonchev–Trinajstić information content (AvgIpc) is 3.37. The number of H-pyrrole nitrogens is 1. The molecular weight excluding hydrogens is 372 g/mol. The van der Waals surface area contributed by atoms with Gasteiger partial charge in [-0.25, -0.2) is 0 Å². The molecule has 0 spiro atoms. The number of nitrogens with one attached hydrogen (secondary N) is 2. The van der Waals surface area contributed by atoms with Crippen LogP contribution in [-0.4, -0.2) is 26.3 Å². The molecule has 142 valence electrons. The van der Waals surface area contributed by atoms with E-state index in [-0.39, 0.29) is 11.2 Å². The van der Waals surface area contributed by atoms with Crippen LogP contribution in [0.4, 0.5) is 0 Å². The minimum Gasteiger partial charge on any atom is -0.411 e. The molecule has 2 aromatic carbocycles. The maximum Gasteiger partial charge on any atom is 0.277 e. The molecule has 4 rings (SSSR count). The van der Waals surface area contributed by atoms with Crippen LogP contribution in [0.15, 0.2) is 70.4 Å². The quantitative estimate of drug-likeness (QED) is 0.455. The van der Waals surface area contributed by atoms with Crippen LogP contribution in [0.5, 0.6) is 0 Å². The molecular formula is C21H20N4O2S. The fourth-order valence-electron chi connectivity index (χ4n) is 2.96. The number of hydrogen-bond donors (Lipinski definition) is 2. The van der Waals surface area contributed by atoms with Crippen LogP contribution < -0.4 is 5.32 Å². The van der Waals surface area contributed by atoms with Crippen molar-refractivity contribution in [1.82, 2.24) is 20.5 Å². The van der Waals surface area contributed by atoms with Crippen molar-refractivity contribution in [3.63, 3.8) is 0 Å². The van der Waals surface area contributed by atoms with Crippen LogP contribution >= 0.6 is 11.8 Å². The summed E-state index contributed by atoms with van der Waals surface area (Å²) in [6.07, 6.45) is 2.52. The molecule has 4 aromatic rings. The number of amides is 1. The van der Waals surface area contributed by atoms with E-state index in [1.54, 1.807) is 0 Å². The first kappa shape index (κ1) is 18.3. The van der Waals surface area contributed by atoms with Crippen molar-refractivity contribution >= 4 is 28.6 Å². The number of benzene rings is 2. The van der Waals surface area contributed by atoms with Crippen molar-refractivity contribution in [1.29, 1.82) is 0 Å². The highest BCUT2D eigenvalue weighted by atomic mass is 32.2. The number of para-hydroxylation sites is 1. The third kappa shape index (κ3) is 3.94. The predicted molar refractivity (Wildman–Crippen MR) is 110 cm³/mol. The lowest BCUT2D eigenvalue weighted by Crippen LogP contribution is -2.31. The molecule has 0 aliphatic rings. The van der Waals surface area contributed by atoms with Crippen molar-refractivity contribution in [2.45, 2.75) is 30.4 Å². The third-order valence-electron chi connectivity index (χ3n) is 4.44. The van der Waals surface area contributed by atoms with E-state index in [4.69, 9.17) is 4.42 Å². The smallest absolute Gasteiger partial charge is 0.277 e. The van der Waals surface area contributed by atoms with Gasteiger partial charge in [-0.15, -0.1) is 10.2 Å². The van der Waals surface area contributed by atoms with E-state index < -0.39 is 0 Å². The first-order valence-corrected chi connectivity index (χ1v) is 10.0. The molecule has 0 saturated carbocycles. The Morgan fingerprint density at radius 2 is 1.93 bits per heavy atom. The lowest BCUT2D eigenvalue weighted by molar-refractivity contribution is -0.120. The summed E-state index contributed by atoms with van der Waals surface area (Å²) in [5, 5.41) is 12.4. The Bertz CT molecular complexity index is 1070. The first-order chi connectivity index (χ1) is 13.7. The molecule has 0 fully saturated rings. The Hall–Kier alpha value is -3.06. The average molecular weight is 392 g/mol. The van der Waals surface area contributed by atoms with Crippen LogP contribution in [0.3, 0.4) is 0 Å². The van der Waals surface area contributed by atoms with Crippen LogP contribution in [0.25, 0.3) is 22.4 Å². The Morgan fingerprint density at radius 1 is 1.14 bits per heavy atom. The Labute approximate surface area is 166 Å². The topological polar surface area (TPSA) is 83.8 Å². The molecule has 28 heavy (non-hydrogen) atoms. The maximum atomic E-state index is 12.5. The normalized spacial score (nSPS) is 12.2.